The van der Waals surface area contributed by atoms with Crippen LogP contribution in [0.25, 0.3) is 0 Å². The Bertz CT molecular complexity index is 322. The van der Waals surface area contributed by atoms with E-state index in [0.717, 1.165) is 12.8 Å². The number of pyridine rings is 1. The number of amidine groups is 1. The molecule has 1 aromatic rings. The molecule has 3 N–H and O–H groups in total. The Morgan fingerprint density at radius 3 is 2.93 bits per heavy atom. The van der Waals surface area contributed by atoms with Crippen LogP contribution in [0.3, 0.4) is 0 Å². The van der Waals surface area contributed by atoms with Gasteiger partial charge in [-0.05, 0) is 12.5 Å². The van der Waals surface area contributed by atoms with Gasteiger partial charge in [-0.3, -0.25) is 0 Å². The molecule has 0 bridgehead atoms. The molecule has 5 heteroatoms. The molecule has 0 amide bonds. The van der Waals surface area contributed by atoms with E-state index in [9.17, 15) is 0 Å². The van der Waals surface area contributed by atoms with Gasteiger partial charge in [-0.2, -0.15) is 0 Å². The lowest BCUT2D eigenvalue weighted by molar-refractivity contribution is 0.297. The van der Waals surface area contributed by atoms with Crippen LogP contribution in [0.5, 0.6) is 5.88 Å². The molecule has 1 rings (SSSR count). The average molecular weight is 209 g/mol. The van der Waals surface area contributed by atoms with Gasteiger partial charge >= 0.3 is 0 Å². The highest BCUT2D eigenvalue weighted by atomic mass is 16.5. The molecule has 5 nitrogen and oxygen atoms in total. The Hall–Kier alpha value is -1.78. The van der Waals surface area contributed by atoms with Gasteiger partial charge in [0.25, 0.3) is 0 Å². The van der Waals surface area contributed by atoms with Crippen molar-refractivity contribution in [2.45, 2.75) is 19.8 Å². The first-order chi connectivity index (χ1) is 7.27. The second-order valence-corrected chi connectivity index (χ2v) is 3.07. The molecule has 1 heterocycles. The van der Waals surface area contributed by atoms with E-state index in [1.807, 2.05) is 0 Å². The van der Waals surface area contributed by atoms with Crippen LogP contribution in [0.15, 0.2) is 23.5 Å². The molecule has 0 aromatic carbocycles. The van der Waals surface area contributed by atoms with Gasteiger partial charge in [-0.15, -0.1) is 0 Å². The molecule has 0 aliphatic heterocycles. The minimum absolute atomic E-state index is 0.0441. The number of hydrogen-bond donors (Lipinski definition) is 2. The van der Waals surface area contributed by atoms with Gasteiger partial charge in [0.05, 0.1) is 6.61 Å². The van der Waals surface area contributed by atoms with E-state index in [2.05, 4.69) is 17.1 Å². The van der Waals surface area contributed by atoms with Crippen molar-refractivity contribution in [2.24, 2.45) is 10.9 Å². The summed E-state index contributed by atoms with van der Waals surface area (Å²) in [5.41, 5.74) is 5.95. The van der Waals surface area contributed by atoms with Crippen LogP contribution >= 0.6 is 0 Å². The third kappa shape index (κ3) is 3.46. The number of ether oxygens (including phenoxy) is 1. The standard InChI is InChI=1S/C10H15N3O2/c1-2-3-6-15-9-5-4-8(7-12-9)10(11)13-14/h4-5,7,14H,2-3,6H2,1H3,(H2,11,13). The number of nitrogens with two attached hydrogens (primary N) is 1. The summed E-state index contributed by atoms with van der Waals surface area (Å²) in [4.78, 5) is 4.03. The zero-order valence-corrected chi connectivity index (χ0v) is 8.68. The van der Waals surface area contributed by atoms with Crippen molar-refractivity contribution in [1.82, 2.24) is 4.98 Å². The maximum absolute atomic E-state index is 8.43. The van der Waals surface area contributed by atoms with E-state index < -0.39 is 0 Å². The lowest BCUT2D eigenvalue weighted by Gasteiger charge is -2.04. The zero-order chi connectivity index (χ0) is 11.1. The minimum atomic E-state index is 0.0441. The fourth-order valence-electron chi connectivity index (χ4n) is 0.996. The number of hydrogen-bond acceptors (Lipinski definition) is 4. The first-order valence-electron chi connectivity index (χ1n) is 4.84. The third-order valence-corrected chi connectivity index (χ3v) is 1.89. The van der Waals surface area contributed by atoms with Gasteiger partial charge in [0.15, 0.2) is 5.84 Å². The van der Waals surface area contributed by atoms with Crippen molar-refractivity contribution in [3.63, 3.8) is 0 Å². The van der Waals surface area contributed by atoms with Gasteiger partial charge < -0.3 is 15.7 Å². The summed E-state index contributed by atoms with van der Waals surface area (Å²) in [6.07, 6.45) is 3.60. The summed E-state index contributed by atoms with van der Waals surface area (Å²) in [5.74, 6) is 0.598. The summed E-state index contributed by atoms with van der Waals surface area (Å²) in [5, 5.41) is 11.3. The van der Waals surface area contributed by atoms with Gasteiger partial charge in [0.2, 0.25) is 5.88 Å². The molecule has 0 fully saturated rings. The second-order valence-electron chi connectivity index (χ2n) is 3.07. The molecule has 15 heavy (non-hydrogen) atoms. The van der Waals surface area contributed by atoms with Gasteiger partial charge in [-0.1, -0.05) is 18.5 Å². The predicted molar refractivity (Wildman–Crippen MR) is 57.2 cm³/mol. The summed E-state index contributed by atoms with van der Waals surface area (Å²) < 4.78 is 5.36. The minimum Gasteiger partial charge on any atom is -0.478 e. The monoisotopic (exact) mass is 209 g/mol. The lowest BCUT2D eigenvalue weighted by atomic mass is 10.3. The molecule has 1 aromatic heterocycles. The average Bonchev–Trinajstić information content (AvgIpc) is 2.29. The van der Waals surface area contributed by atoms with E-state index in [1.54, 1.807) is 12.1 Å². The van der Waals surface area contributed by atoms with E-state index in [0.29, 0.717) is 18.1 Å². The maximum Gasteiger partial charge on any atom is 0.213 e. The highest BCUT2D eigenvalue weighted by molar-refractivity contribution is 5.96. The fraction of sp³-hybridized carbons (Fsp3) is 0.400. The SMILES string of the molecule is CCCCOc1ccc(/C(N)=N/O)cn1. The Labute approximate surface area is 88.6 Å². The Morgan fingerprint density at radius 1 is 1.60 bits per heavy atom. The quantitative estimate of drug-likeness (QED) is 0.252. The van der Waals surface area contributed by atoms with E-state index in [1.165, 1.54) is 6.20 Å². The number of nitrogens with zero attached hydrogens (tertiary/aromatic N) is 2. The molecule has 0 spiro atoms. The predicted octanol–water partition coefficient (Wildman–Crippen LogP) is 1.35. The molecule has 82 valence electrons. The first kappa shape index (κ1) is 11.3. The first-order valence-corrected chi connectivity index (χ1v) is 4.84. The summed E-state index contributed by atoms with van der Waals surface area (Å²) >= 11 is 0. The number of unbranched alkanes of at least 4 members (excludes halogenated alkanes) is 1. The third-order valence-electron chi connectivity index (χ3n) is 1.89. The normalized spacial score (nSPS) is 11.4. The van der Waals surface area contributed by atoms with Crippen LogP contribution in [0, 0.1) is 0 Å². The number of rotatable bonds is 5. The molecule has 0 atom stereocenters. The van der Waals surface area contributed by atoms with Gasteiger partial charge in [-0.25, -0.2) is 4.98 Å². The maximum atomic E-state index is 8.43. The van der Waals surface area contributed by atoms with Crippen molar-refractivity contribution in [3.8, 4) is 5.88 Å². The summed E-state index contributed by atoms with van der Waals surface area (Å²) in [6, 6.07) is 3.40. The Morgan fingerprint density at radius 2 is 2.40 bits per heavy atom. The van der Waals surface area contributed by atoms with Crippen LogP contribution in [0.4, 0.5) is 0 Å². The second kappa shape index (κ2) is 5.85. The lowest BCUT2D eigenvalue weighted by Crippen LogP contribution is -2.13. The largest absolute Gasteiger partial charge is 0.478 e. The topological polar surface area (TPSA) is 80.7 Å². The zero-order valence-electron chi connectivity index (χ0n) is 8.68. The molecule has 0 unspecified atom stereocenters. The van der Waals surface area contributed by atoms with Gasteiger partial charge in [0.1, 0.15) is 0 Å². The van der Waals surface area contributed by atoms with Crippen molar-refractivity contribution >= 4 is 5.84 Å². The molecule has 0 saturated carbocycles. The Balaban J connectivity index is 2.56. The molecular formula is C10H15N3O2. The molecule has 0 aliphatic carbocycles. The van der Waals surface area contributed by atoms with Crippen molar-refractivity contribution < 1.29 is 9.94 Å². The summed E-state index contributed by atoms with van der Waals surface area (Å²) in [6.45, 7) is 2.75. The van der Waals surface area contributed by atoms with Crippen LogP contribution in [-0.2, 0) is 0 Å². The smallest absolute Gasteiger partial charge is 0.213 e. The number of oxime groups is 1. The molecular weight excluding hydrogens is 194 g/mol. The van der Waals surface area contributed by atoms with Crippen LogP contribution in [-0.4, -0.2) is 22.6 Å². The fourth-order valence-corrected chi connectivity index (χ4v) is 0.996. The van der Waals surface area contributed by atoms with E-state index in [-0.39, 0.29) is 5.84 Å². The highest BCUT2D eigenvalue weighted by Gasteiger charge is 2.00. The van der Waals surface area contributed by atoms with Crippen molar-refractivity contribution in [3.05, 3.63) is 23.9 Å². The van der Waals surface area contributed by atoms with Gasteiger partial charge in [0, 0.05) is 17.8 Å². The summed E-state index contributed by atoms with van der Waals surface area (Å²) in [7, 11) is 0. The van der Waals surface area contributed by atoms with E-state index in [4.69, 9.17) is 15.7 Å². The number of aromatic nitrogens is 1. The highest BCUT2D eigenvalue weighted by Crippen LogP contribution is 2.07. The van der Waals surface area contributed by atoms with E-state index >= 15 is 0 Å². The van der Waals surface area contributed by atoms with Crippen LogP contribution < -0.4 is 10.5 Å². The van der Waals surface area contributed by atoms with Crippen LogP contribution in [0.2, 0.25) is 0 Å². The molecule has 0 radical (unpaired) electrons. The van der Waals surface area contributed by atoms with Crippen LogP contribution in [0.1, 0.15) is 25.3 Å². The van der Waals surface area contributed by atoms with Crippen molar-refractivity contribution in [2.75, 3.05) is 6.61 Å². The Kier molecular flexibility index (Phi) is 4.40. The molecule has 0 aliphatic rings. The molecule has 0 saturated heterocycles. The van der Waals surface area contributed by atoms with Crippen molar-refractivity contribution in [1.29, 1.82) is 0 Å².